The number of nitrogens with zero attached hydrogens (tertiary/aromatic N) is 1. The van der Waals surface area contributed by atoms with E-state index in [2.05, 4.69) is 16.6 Å². The van der Waals surface area contributed by atoms with Crippen molar-refractivity contribution in [2.24, 2.45) is 5.73 Å². The van der Waals surface area contributed by atoms with Crippen molar-refractivity contribution < 1.29 is 29.0 Å². The molecule has 2 aliphatic rings. The lowest BCUT2D eigenvalue weighted by molar-refractivity contribution is -0.151. The molecule has 36 heavy (non-hydrogen) atoms. The Labute approximate surface area is 214 Å². The molecule has 192 valence electrons. The summed E-state index contributed by atoms with van der Waals surface area (Å²) in [6.07, 6.45) is 7.27. The summed E-state index contributed by atoms with van der Waals surface area (Å²) in [6, 6.07) is 6.65. The maximum absolute atomic E-state index is 12.7. The second kappa shape index (κ2) is 12.6. The molecule has 0 aliphatic carbocycles. The monoisotopic (exact) mass is 514 g/mol. The molecule has 0 aromatic heterocycles. The molecule has 11 heteroatoms. The molecule has 3 unspecified atom stereocenters. The number of esters is 1. The molecule has 0 bridgehead atoms. The van der Waals surface area contributed by atoms with Gasteiger partial charge >= 0.3 is 11.9 Å². The summed E-state index contributed by atoms with van der Waals surface area (Å²) in [7, 11) is 0. The SMILES string of the molecule is C#CC(CCCN)NCc1ccc(CC(=O)NC2C(=O)N3C(C(=O)O)=C(COC(C)=O)CSC23)cc1. The van der Waals surface area contributed by atoms with Crippen LogP contribution in [0.1, 0.15) is 30.9 Å². The van der Waals surface area contributed by atoms with Crippen LogP contribution in [0.2, 0.25) is 0 Å². The molecule has 3 rings (SSSR count). The molecule has 2 aliphatic heterocycles. The van der Waals surface area contributed by atoms with Gasteiger partial charge in [-0.05, 0) is 30.5 Å². The van der Waals surface area contributed by atoms with Gasteiger partial charge in [0, 0.05) is 24.8 Å². The van der Waals surface area contributed by atoms with Gasteiger partial charge in [-0.3, -0.25) is 24.6 Å². The molecule has 1 aromatic carbocycles. The first-order valence-electron chi connectivity index (χ1n) is 11.5. The third-order valence-electron chi connectivity index (χ3n) is 5.85. The Morgan fingerprint density at radius 1 is 1.31 bits per heavy atom. The topological polar surface area (TPSA) is 151 Å². The number of benzene rings is 1. The van der Waals surface area contributed by atoms with Gasteiger partial charge in [0.1, 0.15) is 23.7 Å². The van der Waals surface area contributed by atoms with E-state index in [9.17, 15) is 24.3 Å². The highest BCUT2D eigenvalue weighted by molar-refractivity contribution is 8.00. The van der Waals surface area contributed by atoms with Crippen molar-refractivity contribution in [3.8, 4) is 12.3 Å². The number of hydrogen-bond donors (Lipinski definition) is 4. The average Bonchev–Trinajstić information content (AvgIpc) is 2.86. The predicted molar refractivity (Wildman–Crippen MR) is 134 cm³/mol. The van der Waals surface area contributed by atoms with Gasteiger partial charge in [0.05, 0.1) is 12.5 Å². The normalized spacial score (nSPS) is 19.6. The van der Waals surface area contributed by atoms with Crippen LogP contribution in [0.15, 0.2) is 35.5 Å². The van der Waals surface area contributed by atoms with Crippen LogP contribution in [0.3, 0.4) is 0 Å². The zero-order chi connectivity index (χ0) is 26.2. The van der Waals surface area contributed by atoms with Crippen molar-refractivity contribution in [1.29, 1.82) is 0 Å². The number of fused-ring (bicyclic) bond motifs is 1. The number of ether oxygens (including phenoxy) is 1. The smallest absolute Gasteiger partial charge is 0.352 e. The third kappa shape index (κ3) is 6.66. The minimum absolute atomic E-state index is 0.0505. The van der Waals surface area contributed by atoms with Crippen molar-refractivity contribution in [1.82, 2.24) is 15.5 Å². The van der Waals surface area contributed by atoms with Gasteiger partial charge in [-0.15, -0.1) is 18.2 Å². The highest BCUT2D eigenvalue weighted by Gasteiger charge is 2.54. The zero-order valence-corrected chi connectivity index (χ0v) is 20.8. The van der Waals surface area contributed by atoms with Gasteiger partial charge in [0.15, 0.2) is 0 Å². The Hall–Kier alpha value is -3.33. The number of amides is 2. The van der Waals surface area contributed by atoms with Crippen LogP contribution >= 0.6 is 11.8 Å². The third-order valence-corrected chi connectivity index (χ3v) is 7.19. The van der Waals surface area contributed by atoms with E-state index in [0.717, 1.165) is 28.9 Å². The lowest BCUT2D eigenvalue weighted by Gasteiger charge is -2.49. The van der Waals surface area contributed by atoms with Gasteiger partial charge < -0.3 is 20.9 Å². The summed E-state index contributed by atoms with van der Waals surface area (Å²) in [6.45, 7) is 2.22. The maximum Gasteiger partial charge on any atom is 0.352 e. The first kappa shape index (κ1) is 27.3. The molecule has 2 heterocycles. The van der Waals surface area contributed by atoms with Crippen molar-refractivity contribution >= 4 is 35.5 Å². The maximum atomic E-state index is 12.7. The minimum atomic E-state index is -1.27. The van der Waals surface area contributed by atoms with Gasteiger partial charge in [0.25, 0.3) is 5.91 Å². The van der Waals surface area contributed by atoms with E-state index in [1.165, 1.54) is 18.7 Å². The van der Waals surface area contributed by atoms with Crippen LogP contribution in [0.4, 0.5) is 0 Å². The number of hydrogen-bond acceptors (Lipinski definition) is 8. The summed E-state index contributed by atoms with van der Waals surface area (Å²) >= 11 is 1.32. The summed E-state index contributed by atoms with van der Waals surface area (Å²) in [5, 5.41) is 15.1. The van der Waals surface area contributed by atoms with Crippen molar-refractivity contribution in [3.63, 3.8) is 0 Å². The Bertz CT molecular complexity index is 1080. The van der Waals surface area contributed by atoms with E-state index < -0.39 is 29.3 Å². The number of terminal acetylenes is 1. The highest BCUT2D eigenvalue weighted by Crippen LogP contribution is 2.40. The molecule has 10 nitrogen and oxygen atoms in total. The number of rotatable bonds is 12. The first-order chi connectivity index (χ1) is 17.2. The van der Waals surface area contributed by atoms with E-state index in [1.54, 1.807) is 0 Å². The fraction of sp³-hybridized carbons (Fsp3) is 0.440. The number of nitrogens with one attached hydrogen (secondary N) is 2. The molecule has 0 spiro atoms. The number of carboxylic acid groups (broad SMARTS) is 1. The van der Waals surface area contributed by atoms with Gasteiger partial charge in [-0.25, -0.2) is 4.79 Å². The van der Waals surface area contributed by atoms with E-state index in [4.69, 9.17) is 16.9 Å². The summed E-state index contributed by atoms with van der Waals surface area (Å²) in [5.74, 6) is 0.338. The second-order valence-corrected chi connectivity index (χ2v) is 9.62. The molecule has 1 aromatic rings. The standard InChI is InChI=1S/C25H30N4O6S/c1-3-19(5-4-10-26)27-12-17-8-6-16(7-9-17)11-20(31)28-21-23(32)29-22(25(33)34)18(13-35-15(2)30)14-36-24(21)29/h1,6-9,19,21,24,27H,4-5,10-14,26H2,2H3,(H,28,31)(H,33,34). The quantitative estimate of drug-likeness (QED) is 0.176. The molecule has 1 saturated heterocycles. The summed E-state index contributed by atoms with van der Waals surface area (Å²) < 4.78 is 4.92. The molecule has 3 atom stereocenters. The zero-order valence-electron chi connectivity index (χ0n) is 20.0. The molecular formula is C25H30N4O6S. The number of nitrogens with two attached hydrogens (primary N) is 1. The van der Waals surface area contributed by atoms with Crippen LogP contribution in [-0.4, -0.2) is 70.1 Å². The molecule has 0 saturated carbocycles. The molecule has 2 amide bonds. The van der Waals surface area contributed by atoms with Crippen molar-refractivity contribution in [2.45, 2.75) is 50.2 Å². The lowest BCUT2D eigenvalue weighted by Crippen LogP contribution is -2.70. The summed E-state index contributed by atoms with van der Waals surface area (Å²) in [4.78, 5) is 49.3. The lowest BCUT2D eigenvalue weighted by atomic mass is 10.0. The van der Waals surface area contributed by atoms with Crippen molar-refractivity contribution in [3.05, 3.63) is 46.7 Å². The molecule has 5 N–H and O–H groups in total. The first-order valence-corrected chi connectivity index (χ1v) is 12.6. The Morgan fingerprint density at radius 2 is 2.00 bits per heavy atom. The Morgan fingerprint density at radius 3 is 2.61 bits per heavy atom. The van der Waals surface area contributed by atoms with Crippen LogP contribution in [0.25, 0.3) is 0 Å². The molecule has 0 radical (unpaired) electrons. The van der Waals surface area contributed by atoms with E-state index in [-0.39, 0.29) is 36.4 Å². The van der Waals surface area contributed by atoms with Crippen LogP contribution in [0, 0.1) is 12.3 Å². The summed E-state index contributed by atoms with van der Waals surface area (Å²) in [5.41, 5.74) is 7.49. The highest BCUT2D eigenvalue weighted by atomic mass is 32.2. The van der Waals surface area contributed by atoms with E-state index in [0.29, 0.717) is 18.7 Å². The van der Waals surface area contributed by atoms with Crippen molar-refractivity contribution in [2.75, 3.05) is 18.9 Å². The van der Waals surface area contributed by atoms with E-state index >= 15 is 0 Å². The van der Waals surface area contributed by atoms with Gasteiger partial charge in [0.2, 0.25) is 5.91 Å². The van der Waals surface area contributed by atoms with Gasteiger partial charge in [-0.2, -0.15) is 0 Å². The molecule has 1 fully saturated rings. The predicted octanol–water partition coefficient (Wildman–Crippen LogP) is 0.361. The Balaban J connectivity index is 1.53. The Kier molecular flexibility index (Phi) is 9.52. The second-order valence-electron chi connectivity index (χ2n) is 8.52. The number of carbonyl (C=O) groups excluding carboxylic acids is 3. The largest absolute Gasteiger partial charge is 0.477 e. The number of carboxylic acids is 1. The minimum Gasteiger partial charge on any atom is -0.477 e. The molecular weight excluding hydrogens is 484 g/mol. The fourth-order valence-electron chi connectivity index (χ4n) is 3.98. The van der Waals surface area contributed by atoms with Crippen LogP contribution in [-0.2, 0) is 36.9 Å². The van der Waals surface area contributed by atoms with Gasteiger partial charge in [-0.1, -0.05) is 30.2 Å². The number of β-lactam (4-membered cyclic amide) rings is 1. The fourth-order valence-corrected chi connectivity index (χ4v) is 5.30. The van der Waals surface area contributed by atoms with Crippen LogP contribution in [0.5, 0.6) is 0 Å². The van der Waals surface area contributed by atoms with E-state index in [1.807, 2.05) is 24.3 Å². The average molecular weight is 515 g/mol. The van der Waals surface area contributed by atoms with Crippen LogP contribution < -0.4 is 16.4 Å². The number of carbonyl (C=O) groups is 4. The number of thioether (sulfide) groups is 1. The number of aliphatic carboxylic acids is 1.